The number of likely N-dealkylation sites (tertiary alicyclic amines) is 1. The Bertz CT molecular complexity index is 406. The third kappa shape index (κ3) is 3.27. The van der Waals surface area contributed by atoms with Gasteiger partial charge in [0, 0.05) is 37.6 Å². The molecule has 0 aromatic carbocycles. The Morgan fingerprint density at radius 1 is 1.05 bits per heavy atom. The van der Waals surface area contributed by atoms with Gasteiger partial charge in [0.05, 0.1) is 6.10 Å². The third-order valence-electron chi connectivity index (χ3n) is 4.59. The summed E-state index contributed by atoms with van der Waals surface area (Å²) >= 11 is 0. The maximum atomic E-state index is 10.1. The molecule has 1 aliphatic heterocycles. The monoisotopic (exact) mass is 276 g/mol. The van der Waals surface area contributed by atoms with Crippen molar-refractivity contribution in [3.05, 3.63) is 18.5 Å². The van der Waals surface area contributed by atoms with Crippen LogP contribution in [0.4, 0.5) is 5.95 Å². The number of hydrogen-bond donors (Lipinski definition) is 2. The molecule has 5 heteroatoms. The fourth-order valence-electron chi connectivity index (χ4n) is 3.45. The van der Waals surface area contributed by atoms with Crippen LogP contribution < -0.4 is 5.32 Å². The van der Waals surface area contributed by atoms with Crippen molar-refractivity contribution in [3.8, 4) is 0 Å². The number of aliphatic hydroxyl groups excluding tert-OH is 1. The van der Waals surface area contributed by atoms with Crippen molar-refractivity contribution in [3.63, 3.8) is 0 Å². The van der Waals surface area contributed by atoms with E-state index in [-0.39, 0.29) is 6.10 Å². The van der Waals surface area contributed by atoms with Gasteiger partial charge in [0.1, 0.15) is 0 Å². The molecule has 20 heavy (non-hydrogen) atoms. The van der Waals surface area contributed by atoms with Gasteiger partial charge < -0.3 is 10.4 Å². The Morgan fingerprint density at radius 2 is 1.75 bits per heavy atom. The molecule has 1 aromatic rings. The Kier molecular flexibility index (Phi) is 4.47. The smallest absolute Gasteiger partial charge is 0.222 e. The van der Waals surface area contributed by atoms with Crippen LogP contribution in [0.3, 0.4) is 0 Å². The molecule has 2 N–H and O–H groups in total. The second-order valence-electron chi connectivity index (χ2n) is 5.95. The number of hydrogen-bond acceptors (Lipinski definition) is 5. The number of aromatic nitrogens is 2. The average Bonchev–Trinajstić information content (AvgIpc) is 2.50. The fraction of sp³-hybridized carbons (Fsp3) is 0.733. The maximum Gasteiger partial charge on any atom is 0.222 e. The standard InChI is InChI=1S/C15H24N4O/c20-14-5-2-1-4-13(14)19-10-6-12(7-11-19)18-15-16-8-3-9-17-15/h3,8-9,12-14,20H,1-2,4-7,10-11H2,(H,16,17,18). The molecule has 2 heterocycles. The lowest BCUT2D eigenvalue weighted by Crippen LogP contribution is -2.50. The van der Waals surface area contributed by atoms with Crippen LogP contribution in [-0.2, 0) is 0 Å². The normalized spacial score (nSPS) is 29.2. The summed E-state index contributed by atoms with van der Waals surface area (Å²) in [6, 6.07) is 2.67. The predicted octanol–water partition coefficient (Wildman–Crippen LogP) is 1.66. The first-order valence-electron chi connectivity index (χ1n) is 7.78. The van der Waals surface area contributed by atoms with E-state index >= 15 is 0 Å². The van der Waals surface area contributed by atoms with Crippen molar-refractivity contribution in [2.75, 3.05) is 18.4 Å². The topological polar surface area (TPSA) is 61.3 Å². The van der Waals surface area contributed by atoms with Crippen LogP contribution >= 0.6 is 0 Å². The van der Waals surface area contributed by atoms with Crippen LogP contribution in [0.25, 0.3) is 0 Å². The van der Waals surface area contributed by atoms with Gasteiger partial charge in [-0.25, -0.2) is 9.97 Å². The molecule has 0 amide bonds. The van der Waals surface area contributed by atoms with Gasteiger partial charge in [-0.3, -0.25) is 4.90 Å². The molecule has 0 bridgehead atoms. The number of rotatable bonds is 3. The Balaban J connectivity index is 1.49. The van der Waals surface area contributed by atoms with Crippen LogP contribution in [-0.4, -0.2) is 51.3 Å². The maximum absolute atomic E-state index is 10.1. The number of nitrogens with zero attached hydrogens (tertiary/aromatic N) is 3. The minimum absolute atomic E-state index is 0.120. The molecular weight excluding hydrogens is 252 g/mol. The van der Waals surface area contributed by atoms with Gasteiger partial charge in [-0.1, -0.05) is 12.8 Å². The third-order valence-corrected chi connectivity index (χ3v) is 4.59. The Morgan fingerprint density at radius 3 is 2.45 bits per heavy atom. The first-order chi connectivity index (χ1) is 9.83. The van der Waals surface area contributed by atoms with Crippen molar-refractivity contribution in [1.82, 2.24) is 14.9 Å². The van der Waals surface area contributed by atoms with Gasteiger partial charge in [-0.05, 0) is 31.7 Å². The van der Waals surface area contributed by atoms with Crippen LogP contribution in [0.15, 0.2) is 18.5 Å². The molecule has 2 aliphatic rings. The van der Waals surface area contributed by atoms with Crippen molar-refractivity contribution < 1.29 is 5.11 Å². The van der Waals surface area contributed by atoms with Crippen LogP contribution in [0.2, 0.25) is 0 Å². The van der Waals surface area contributed by atoms with Crippen molar-refractivity contribution in [2.24, 2.45) is 0 Å². The average molecular weight is 276 g/mol. The van der Waals surface area contributed by atoms with E-state index in [2.05, 4.69) is 20.2 Å². The summed E-state index contributed by atoms with van der Waals surface area (Å²) < 4.78 is 0. The lowest BCUT2D eigenvalue weighted by Gasteiger charge is -2.41. The first kappa shape index (κ1) is 13.8. The zero-order chi connectivity index (χ0) is 13.8. The van der Waals surface area contributed by atoms with Gasteiger partial charge in [0.25, 0.3) is 0 Å². The summed E-state index contributed by atoms with van der Waals surface area (Å²) in [6.45, 7) is 2.12. The summed E-state index contributed by atoms with van der Waals surface area (Å²) in [6.07, 6.45) is 10.2. The molecule has 1 saturated carbocycles. The highest BCUT2D eigenvalue weighted by Crippen LogP contribution is 2.26. The molecule has 2 atom stereocenters. The molecular formula is C15H24N4O. The van der Waals surface area contributed by atoms with Gasteiger partial charge in [-0.2, -0.15) is 0 Å². The quantitative estimate of drug-likeness (QED) is 0.879. The van der Waals surface area contributed by atoms with E-state index in [1.54, 1.807) is 12.4 Å². The van der Waals surface area contributed by atoms with E-state index in [1.165, 1.54) is 12.8 Å². The van der Waals surface area contributed by atoms with E-state index in [4.69, 9.17) is 0 Å². The predicted molar refractivity (Wildman–Crippen MR) is 78.5 cm³/mol. The molecule has 1 saturated heterocycles. The minimum atomic E-state index is -0.120. The summed E-state index contributed by atoms with van der Waals surface area (Å²) in [5.74, 6) is 0.726. The fourth-order valence-corrected chi connectivity index (χ4v) is 3.45. The largest absolute Gasteiger partial charge is 0.391 e. The molecule has 2 unspecified atom stereocenters. The van der Waals surface area contributed by atoms with Crippen LogP contribution in [0.5, 0.6) is 0 Å². The highest BCUT2D eigenvalue weighted by molar-refractivity contribution is 5.24. The number of piperidine rings is 1. The molecule has 0 radical (unpaired) electrons. The van der Waals surface area contributed by atoms with E-state index in [0.29, 0.717) is 12.1 Å². The Hall–Kier alpha value is -1.20. The van der Waals surface area contributed by atoms with Crippen LogP contribution in [0.1, 0.15) is 38.5 Å². The molecule has 3 rings (SSSR count). The van der Waals surface area contributed by atoms with Gasteiger partial charge >= 0.3 is 0 Å². The highest BCUT2D eigenvalue weighted by Gasteiger charge is 2.31. The SMILES string of the molecule is OC1CCCCC1N1CCC(Nc2ncccn2)CC1. The minimum Gasteiger partial charge on any atom is -0.391 e. The lowest BCUT2D eigenvalue weighted by atomic mass is 9.89. The van der Waals surface area contributed by atoms with Gasteiger partial charge in [-0.15, -0.1) is 0 Å². The number of aliphatic hydroxyl groups is 1. The van der Waals surface area contributed by atoms with E-state index in [0.717, 1.165) is 44.7 Å². The highest BCUT2D eigenvalue weighted by atomic mass is 16.3. The van der Waals surface area contributed by atoms with Crippen molar-refractivity contribution in [1.29, 1.82) is 0 Å². The molecule has 1 aliphatic carbocycles. The number of nitrogens with one attached hydrogen (secondary N) is 1. The van der Waals surface area contributed by atoms with Crippen molar-refractivity contribution >= 4 is 5.95 Å². The molecule has 1 aromatic heterocycles. The van der Waals surface area contributed by atoms with Crippen LogP contribution in [0, 0.1) is 0 Å². The Labute approximate surface area is 120 Å². The van der Waals surface area contributed by atoms with Gasteiger partial charge in [0.2, 0.25) is 5.95 Å². The second-order valence-corrected chi connectivity index (χ2v) is 5.95. The molecule has 5 nitrogen and oxygen atoms in total. The van der Waals surface area contributed by atoms with Gasteiger partial charge in [0.15, 0.2) is 0 Å². The lowest BCUT2D eigenvalue weighted by molar-refractivity contribution is 0.00991. The summed E-state index contributed by atoms with van der Waals surface area (Å²) in [4.78, 5) is 10.9. The second kappa shape index (κ2) is 6.50. The molecule has 0 spiro atoms. The summed E-state index contributed by atoms with van der Waals surface area (Å²) in [7, 11) is 0. The summed E-state index contributed by atoms with van der Waals surface area (Å²) in [5.41, 5.74) is 0. The van der Waals surface area contributed by atoms with E-state index < -0.39 is 0 Å². The molecule has 110 valence electrons. The first-order valence-corrected chi connectivity index (χ1v) is 7.78. The summed E-state index contributed by atoms with van der Waals surface area (Å²) in [5, 5.41) is 13.5. The zero-order valence-electron chi connectivity index (χ0n) is 11.9. The number of anilines is 1. The van der Waals surface area contributed by atoms with E-state index in [9.17, 15) is 5.11 Å². The van der Waals surface area contributed by atoms with Crippen molar-refractivity contribution in [2.45, 2.75) is 56.7 Å². The molecule has 2 fully saturated rings. The van der Waals surface area contributed by atoms with E-state index in [1.807, 2.05) is 6.07 Å². The zero-order valence-corrected chi connectivity index (χ0v) is 11.9.